The summed E-state index contributed by atoms with van der Waals surface area (Å²) in [7, 11) is 0. The number of imide groups is 1. The molecule has 0 aliphatic heterocycles. The molecular weight excluding hydrogens is 298 g/mol. The Hall–Kier alpha value is -2.52. The van der Waals surface area contributed by atoms with E-state index in [1.807, 2.05) is 5.32 Å². The van der Waals surface area contributed by atoms with Crippen molar-refractivity contribution in [2.45, 2.75) is 0 Å². The number of nitrogens with one attached hydrogen (secondary N) is 2. The molecule has 0 spiro atoms. The fraction of sp³-hybridized carbons (Fsp3) is 0.167. The minimum Gasteiger partial charge on any atom is -0.480 e. The fourth-order valence-corrected chi connectivity index (χ4v) is 2.21. The molecule has 1 heterocycles. The molecule has 0 fully saturated rings. The molecule has 0 bridgehead atoms. The molecule has 0 radical (unpaired) electrons. The molecule has 3 amide bonds. The standard InChI is InChI=1S/C12H11N3O5S/c16-10(4-20-5-11(17)18)15-12(19)14-7-1-2-8-9(3-7)21-6-13-8/h1-3,6H,4-5H2,(H,17,18)(H2,14,15,16,19). The third kappa shape index (κ3) is 4.51. The largest absolute Gasteiger partial charge is 0.480 e. The predicted octanol–water partition coefficient (Wildman–Crippen LogP) is 1.05. The van der Waals surface area contributed by atoms with Crippen LogP contribution in [0.3, 0.4) is 0 Å². The van der Waals surface area contributed by atoms with Gasteiger partial charge in [0.1, 0.15) is 13.2 Å². The Balaban J connectivity index is 1.83. The lowest BCUT2D eigenvalue weighted by atomic mass is 10.3. The predicted molar refractivity (Wildman–Crippen MR) is 75.2 cm³/mol. The Labute approximate surface area is 122 Å². The van der Waals surface area contributed by atoms with Gasteiger partial charge in [-0.3, -0.25) is 10.1 Å². The van der Waals surface area contributed by atoms with Crippen LogP contribution >= 0.6 is 11.3 Å². The zero-order valence-electron chi connectivity index (χ0n) is 10.7. The maximum absolute atomic E-state index is 11.6. The summed E-state index contributed by atoms with van der Waals surface area (Å²) >= 11 is 1.43. The van der Waals surface area contributed by atoms with E-state index < -0.39 is 31.1 Å². The van der Waals surface area contributed by atoms with Gasteiger partial charge in [-0.1, -0.05) is 0 Å². The maximum atomic E-state index is 11.6. The SMILES string of the molecule is O=C(O)COCC(=O)NC(=O)Nc1ccc2ncsc2c1. The van der Waals surface area contributed by atoms with E-state index in [9.17, 15) is 14.4 Å². The molecule has 0 saturated carbocycles. The summed E-state index contributed by atoms with van der Waals surface area (Å²) in [4.78, 5) is 37.2. The first-order valence-electron chi connectivity index (χ1n) is 5.78. The van der Waals surface area contributed by atoms with Crippen molar-refractivity contribution < 1.29 is 24.2 Å². The van der Waals surface area contributed by atoms with Crippen molar-refractivity contribution in [2.75, 3.05) is 18.5 Å². The number of anilines is 1. The quantitative estimate of drug-likeness (QED) is 0.759. The molecule has 110 valence electrons. The zero-order chi connectivity index (χ0) is 15.2. The Morgan fingerprint density at radius 2 is 2.10 bits per heavy atom. The van der Waals surface area contributed by atoms with E-state index in [-0.39, 0.29) is 0 Å². The molecular formula is C12H11N3O5S. The molecule has 2 rings (SSSR count). The molecule has 9 heteroatoms. The highest BCUT2D eigenvalue weighted by molar-refractivity contribution is 7.16. The number of nitrogens with zero attached hydrogens (tertiary/aromatic N) is 1. The molecule has 0 unspecified atom stereocenters. The van der Waals surface area contributed by atoms with E-state index in [2.05, 4.69) is 15.0 Å². The molecule has 0 aliphatic carbocycles. The van der Waals surface area contributed by atoms with Gasteiger partial charge in [0.25, 0.3) is 5.91 Å². The highest BCUT2D eigenvalue weighted by atomic mass is 32.1. The number of amides is 3. The smallest absolute Gasteiger partial charge is 0.329 e. The van der Waals surface area contributed by atoms with Gasteiger partial charge in [-0.2, -0.15) is 0 Å². The third-order valence-corrected chi connectivity index (χ3v) is 3.09. The van der Waals surface area contributed by atoms with Crippen LogP contribution in [0.5, 0.6) is 0 Å². The second-order valence-electron chi connectivity index (χ2n) is 3.92. The average molecular weight is 309 g/mol. The minimum absolute atomic E-state index is 0.506. The number of aliphatic carboxylic acids is 1. The first kappa shape index (κ1) is 14.9. The van der Waals surface area contributed by atoms with E-state index in [1.165, 1.54) is 11.3 Å². The molecule has 3 N–H and O–H groups in total. The Morgan fingerprint density at radius 1 is 1.29 bits per heavy atom. The van der Waals surface area contributed by atoms with Gasteiger partial charge in [-0.25, -0.2) is 14.6 Å². The number of ether oxygens (including phenoxy) is 1. The summed E-state index contributed by atoms with van der Waals surface area (Å²) in [6.45, 7) is -1.11. The van der Waals surface area contributed by atoms with Crippen molar-refractivity contribution in [3.63, 3.8) is 0 Å². The summed E-state index contributed by atoms with van der Waals surface area (Å²) in [5, 5.41) is 12.8. The lowest BCUT2D eigenvalue weighted by Gasteiger charge is -2.06. The molecule has 0 atom stereocenters. The molecule has 0 saturated heterocycles. The topological polar surface area (TPSA) is 118 Å². The van der Waals surface area contributed by atoms with E-state index in [1.54, 1.807) is 23.7 Å². The molecule has 1 aromatic heterocycles. The number of hydrogen-bond donors (Lipinski definition) is 3. The first-order valence-corrected chi connectivity index (χ1v) is 6.66. The van der Waals surface area contributed by atoms with Crippen molar-refractivity contribution >= 4 is 45.1 Å². The zero-order valence-corrected chi connectivity index (χ0v) is 11.5. The van der Waals surface area contributed by atoms with Crippen molar-refractivity contribution in [1.29, 1.82) is 0 Å². The first-order chi connectivity index (χ1) is 10.0. The number of carbonyl (C=O) groups is 3. The third-order valence-electron chi connectivity index (χ3n) is 2.30. The molecule has 1 aromatic carbocycles. The van der Waals surface area contributed by atoms with Crippen LogP contribution < -0.4 is 10.6 Å². The Morgan fingerprint density at radius 3 is 2.86 bits per heavy atom. The number of hydrogen-bond acceptors (Lipinski definition) is 6. The Kier molecular flexibility index (Phi) is 4.80. The molecule has 21 heavy (non-hydrogen) atoms. The second-order valence-corrected chi connectivity index (χ2v) is 4.81. The van der Waals surface area contributed by atoms with Crippen molar-refractivity contribution in [3.05, 3.63) is 23.7 Å². The van der Waals surface area contributed by atoms with Crippen LogP contribution in [0.4, 0.5) is 10.5 Å². The van der Waals surface area contributed by atoms with E-state index in [0.717, 1.165) is 10.2 Å². The number of rotatable bonds is 5. The summed E-state index contributed by atoms with van der Waals surface area (Å²) in [5.41, 5.74) is 3.03. The van der Waals surface area contributed by atoms with Crippen LogP contribution in [0.25, 0.3) is 10.2 Å². The van der Waals surface area contributed by atoms with Crippen LogP contribution in [0.15, 0.2) is 23.7 Å². The van der Waals surface area contributed by atoms with Crippen molar-refractivity contribution in [1.82, 2.24) is 10.3 Å². The van der Waals surface area contributed by atoms with Crippen LogP contribution in [0.1, 0.15) is 0 Å². The van der Waals surface area contributed by atoms with Gasteiger partial charge in [0, 0.05) is 5.69 Å². The monoisotopic (exact) mass is 309 g/mol. The van der Waals surface area contributed by atoms with Gasteiger partial charge in [0.15, 0.2) is 0 Å². The van der Waals surface area contributed by atoms with Crippen LogP contribution in [0.2, 0.25) is 0 Å². The maximum Gasteiger partial charge on any atom is 0.329 e. The average Bonchev–Trinajstić information content (AvgIpc) is 2.85. The van der Waals surface area contributed by atoms with Gasteiger partial charge in [0.2, 0.25) is 0 Å². The normalized spacial score (nSPS) is 10.3. The van der Waals surface area contributed by atoms with Gasteiger partial charge in [0.05, 0.1) is 15.7 Å². The van der Waals surface area contributed by atoms with E-state index in [0.29, 0.717) is 5.69 Å². The number of urea groups is 1. The molecule has 8 nitrogen and oxygen atoms in total. The summed E-state index contributed by atoms with van der Waals surface area (Å²) in [6, 6.07) is 4.42. The van der Waals surface area contributed by atoms with Crippen molar-refractivity contribution in [3.8, 4) is 0 Å². The number of fused-ring (bicyclic) bond motifs is 1. The van der Waals surface area contributed by atoms with Gasteiger partial charge >= 0.3 is 12.0 Å². The van der Waals surface area contributed by atoms with E-state index >= 15 is 0 Å². The van der Waals surface area contributed by atoms with Crippen LogP contribution in [-0.2, 0) is 14.3 Å². The minimum atomic E-state index is -1.19. The summed E-state index contributed by atoms with van der Waals surface area (Å²) < 4.78 is 5.46. The van der Waals surface area contributed by atoms with Gasteiger partial charge < -0.3 is 15.2 Å². The fourth-order valence-electron chi connectivity index (χ4n) is 1.49. The van der Waals surface area contributed by atoms with E-state index in [4.69, 9.17) is 5.11 Å². The van der Waals surface area contributed by atoms with Crippen LogP contribution in [-0.4, -0.2) is 41.2 Å². The van der Waals surface area contributed by atoms with Crippen LogP contribution in [0, 0.1) is 0 Å². The molecule has 2 aromatic rings. The lowest BCUT2D eigenvalue weighted by molar-refractivity contribution is -0.143. The van der Waals surface area contributed by atoms with Gasteiger partial charge in [-0.05, 0) is 18.2 Å². The summed E-state index contributed by atoms with van der Waals surface area (Å²) in [5.74, 6) is -1.92. The number of benzene rings is 1. The van der Waals surface area contributed by atoms with Gasteiger partial charge in [-0.15, -0.1) is 11.3 Å². The number of thiazole rings is 1. The lowest BCUT2D eigenvalue weighted by Crippen LogP contribution is -2.37. The highest BCUT2D eigenvalue weighted by Crippen LogP contribution is 2.21. The Bertz CT molecular complexity index is 684. The second kappa shape index (κ2) is 6.77. The number of aromatic nitrogens is 1. The highest BCUT2D eigenvalue weighted by Gasteiger charge is 2.09. The number of carboxylic acids is 1. The van der Waals surface area contributed by atoms with Crippen molar-refractivity contribution in [2.24, 2.45) is 0 Å². The number of carboxylic acid groups (broad SMARTS) is 1. The summed E-state index contributed by atoms with van der Waals surface area (Å²) in [6.07, 6.45) is 0. The number of carbonyl (C=O) groups excluding carboxylic acids is 2. The molecule has 0 aliphatic rings.